The van der Waals surface area contributed by atoms with Crippen LogP contribution in [0.15, 0.2) is 48.5 Å². The van der Waals surface area contributed by atoms with E-state index in [1.54, 1.807) is 23.1 Å². The van der Waals surface area contributed by atoms with E-state index < -0.39 is 0 Å². The van der Waals surface area contributed by atoms with Gasteiger partial charge in [0.15, 0.2) is 0 Å². The summed E-state index contributed by atoms with van der Waals surface area (Å²) >= 11 is 0. The third kappa shape index (κ3) is 3.91. The molecule has 6 nitrogen and oxygen atoms in total. The Morgan fingerprint density at radius 1 is 1.03 bits per heavy atom. The molecule has 1 fully saturated rings. The molecule has 4 rings (SSSR count). The largest absolute Gasteiger partial charge is 0.334 e. The average molecular weight is 414 g/mol. The van der Waals surface area contributed by atoms with Gasteiger partial charge in [0, 0.05) is 31.2 Å². The molecule has 2 aromatic rings. The summed E-state index contributed by atoms with van der Waals surface area (Å²) in [6, 6.07) is 14.6. The first-order valence-electron chi connectivity index (χ1n) is 9.65. The van der Waals surface area contributed by atoms with E-state index >= 15 is 0 Å². The van der Waals surface area contributed by atoms with Crippen molar-refractivity contribution in [1.82, 2.24) is 9.80 Å². The van der Waals surface area contributed by atoms with Crippen LogP contribution < -0.4 is 5.73 Å². The lowest BCUT2D eigenvalue weighted by Crippen LogP contribution is -2.39. The van der Waals surface area contributed by atoms with Crippen LogP contribution in [-0.2, 0) is 6.42 Å². The van der Waals surface area contributed by atoms with Crippen molar-refractivity contribution >= 4 is 30.1 Å². The number of hydrogen-bond donors (Lipinski definition) is 1. The van der Waals surface area contributed by atoms with Gasteiger partial charge in [-0.1, -0.05) is 30.3 Å². The van der Waals surface area contributed by atoms with Crippen molar-refractivity contribution in [2.24, 2.45) is 5.73 Å². The maximum Gasteiger partial charge on any atom is 0.261 e. The Kier molecular flexibility index (Phi) is 6.35. The fourth-order valence-corrected chi connectivity index (χ4v) is 4.03. The summed E-state index contributed by atoms with van der Waals surface area (Å²) in [6.45, 7) is 1.43. The number of carbonyl (C=O) groups is 3. The molecule has 7 heteroatoms. The molecule has 2 aliphatic rings. The van der Waals surface area contributed by atoms with Crippen LogP contribution >= 0.6 is 12.4 Å². The number of hydrogen-bond acceptors (Lipinski definition) is 4. The van der Waals surface area contributed by atoms with Gasteiger partial charge < -0.3 is 10.6 Å². The maximum atomic E-state index is 12.9. The Labute approximate surface area is 176 Å². The van der Waals surface area contributed by atoms with E-state index in [0.717, 1.165) is 18.4 Å². The van der Waals surface area contributed by atoms with Gasteiger partial charge in [0.1, 0.15) is 0 Å². The number of amides is 3. The highest BCUT2D eigenvalue weighted by Gasteiger charge is 2.36. The van der Waals surface area contributed by atoms with E-state index in [1.165, 1.54) is 4.90 Å². The molecule has 2 N–H and O–H groups in total. The SMILES string of the molecule is Cl.NCC1CCCN1C(=O)c1ccc2c(c1)C(=O)N(CCc1ccccc1)C2=O. The number of likely N-dealkylation sites (tertiary alicyclic amines) is 1. The van der Waals surface area contributed by atoms with Gasteiger partial charge >= 0.3 is 0 Å². The van der Waals surface area contributed by atoms with E-state index in [1.807, 2.05) is 30.3 Å². The van der Waals surface area contributed by atoms with Gasteiger partial charge in [-0.3, -0.25) is 19.3 Å². The normalized spacial score (nSPS) is 18.0. The van der Waals surface area contributed by atoms with Gasteiger partial charge in [0.05, 0.1) is 11.1 Å². The lowest BCUT2D eigenvalue weighted by atomic mass is 10.0. The monoisotopic (exact) mass is 413 g/mol. The van der Waals surface area contributed by atoms with E-state index in [4.69, 9.17) is 5.73 Å². The highest BCUT2D eigenvalue weighted by molar-refractivity contribution is 6.22. The third-order valence-corrected chi connectivity index (χ3v) is 5.59. The number of carbonyl (C=O) groups excluding carboxylic acids is 3. The predicted octanol–water partition coefficient (Wildman–Crippen LogP) is 2.51. The van der Waals surface area contributed by atoms with Gasteiger partial charge in [0.25, 0.3) is 17.7 Å². The van der Waals surface area contributed by atoms with Crippen LogP contribution in [0.25, 0.3) is 0 Å². The van der Waals surface area contributed by atoms with Crippen LogP contribution in [0.5, 0.6) is 0 Å². The number of nitrogens with two attached hydrogens (primary N) is 1. The number of fused-ring (bicyclic) bond motifs is 1. The zero-order chi connectivity index (χ0) is 19.7. The quantitative estimate of drug-likeness (QED) is 0.763. The molecule has 1 unspecified atom stereocenters. The third-order valence-electron chi connectivity index (χ3n) is 5.59. The minimum Gasteiger partial charge on any atom is -0.334 e. The summed E-state index contributed by atoms with van der Waals surface area (Å²) in [5, 5.41) is 0. The van der Waals surface area contributed by atoms with Crippen LogP contribution in [0.2, 0.25) is 0 Å². The Bertz CT molecular complexity index is 932. The summed E-state index contributed by atoms with van der Waals surface area (Å²) in [5.74, 6) is -0.753. The first kappa shape index (κ1) is 21.0. The van der Waals surface area contributed by atoms with Crippen LogP contribution in [0, 0.1) is 0 Å². The number of nitrogens with zero attached hydrogens (tertiary/aromatic N) is 2. The topological polar surface area (TPSA) is 83.7 Å². The second-order valence-corrected chi connectivity index (χ2v) is 7.29. The molecule has 0 aliphatic carbocycles. The first-order chi connectivity index (χ1) is 13.6. The van der Waals surface area contributed by atoms with Crippen LogP contribution in [0.3, 0.4) is 0 Å². The lowest BCUT2D eigenvalue weighted by molar-refractivity contribution is 0.0655. The summed E-state index contributed by atoms with van der Waals surface area (Å²) in [5.41, 5.74) is 7.95. The number of halogens is 1. The van der Waals surface area contributed by atoms with Crippen molar-refractivity contribution in [3.8, 4) is 0 Å². The highest BCUT2D eigenvalue weighted by atomic mass is 35.5. The molecule has 0 aromatic heterocycles. The lowest BCUT2D eigenvalue weighted by Gasteiger charge is -2.23. The summed E-state index contributed by atoms with van der Waals surface area (Å²) < 4.78 is 0. The van der Waals surface area contributed by atoms with E-state index in [0.29, 0.717) is 42.7 Å². The van der Waals surface area contributed by atoms with Crippen molar-refractivity contribution < 1.29 is 14.4 Å². The van der Waals surface area contributed by atoms with Crippen molar-refractivity contribution in [1.29, 1.82) is 0 Å². The summed E-state index contributed by atoms with van der Waals surface area (Å²) in [4.78, 5) is 41.4. The van der Waals surface area contributed by atoms with E-state index in [-0.39, 0.29) is 36.2 Å². The molecule has 1 atom stereocenters. The number of imide groups is 1. The van der Waals surface area contributed by atoms with Crippen LogP contribution in [-0.4, -0.2) is 53.2 Å². The molecular weight excluding hydrogens is 390 g/mol. The number of rotatable bonds is 5. The second-order valence-electron chi connectivity index (χ2n) is 7.29. The van der Waals surface area contributed by atoms with Crippen molar-refractivity contribution in [2.75, 3.05) is 19.6 Å². The first-order valence-corrected chi connectivity index (χ1v) is 9.65. The molecular formula is C22H24ClN3O3. The second kappa shape index (κ2) is 8.76. The minimum absolute atomic E-state index is 0. The molecule has 2 aliphatic heterocycles. The summed E-state index contributed by atoms with van der Waals surface area (Å²) in [6.07, 6.45) is 2.44. The van der Waals surface area contributed by atoms with Gasteiger partial charge in [-0.15, -0.1) is 12.4 Å². The Morgan fingerprint density at radius 2 is 1.76 bits per heavy atom. The Balaban J connectivity index is 0.00000240. The standard InChI is InChI=1S/C22H23N3O3.ClH/c23-14-17-7-4-11-24(17)20(26)16-8-9-18-19(13-16)22(28)25(21(18)27)12-10-15-5-2-1-3-6-15;/h1-3,5-6,8-9,13,17H,4,7,10-12,14,23H2;1H. The van der Waals surface area contributed by atoms with Crippen molar-refractivity contribution in [3.05, 3.63) is 70.8 Å². The van der Waals surface area contributed by atoms with E-state index in [2.05, 4.69) is 0 Å². The molecule has 1 saturated heterocycles. The number of benzene rings is 2. The van der Waals surface area contributed by atoms with Crippen molar-refractivity contribution in [3.63, 3.8) is 0 Å². The van der Waals surface area contributed by atoms with Gasteiger partial charge in [-0.2, -0.15) is 0 Å². The summed E-state index contributed by atoms with van der Waals surface area (Å²) in [7, 11) is 0. The molecule has 0 saturated carbocycles. The molecule has 2 aromatic carbocycles. The Hall–Kier alpha value is -2.70. The molecule has 0 spiro atoms. The molecule has 29 heavy (non-hydrogen) atoms. The highest BCUT2D eigenvalue weighted by Crippen LogP contribution is 2.26. The van der Waals surface area contributed by atoms with Crippen LogP contribution in [0.4, 0.5) is 0 Å². The fraction of sp³-hybridized carbons (Fsp3) is 0.318. The van der Waals surface area contributed by atoms with Gasteiger partial charge in [-0.05, 0) is 43.0 Å². The van der Waals surface area contributed by atoms with Gasteiger partial charge in [0.2, 0.25) is 0 Å². The van der Waals surface area contributed by atoms with E-state index in [9.17, 15) is 14.4 Å². The molecule has 3 amide bonds. The fourth-order valence-electron chi connectivity index (χ4n) is 4.03. The average Bonchev–Trinajstić information content (AvgIpc) is 3.30. The van der Waals surface area contributed by atoms with Gasteiger partial charge in [-0.25, -0.2) is 0 Å². The molecule has 0 bridgehead atoms. The zero-order valence-electron chi connectivity index (χ0n) is 16.0. The maximum absolute atomic E-state index is 12.9. The minimum atomic E-state index is -0.331. The van der Waals surface area contributed by atoms with Crippen LogP contribution in [0.1, 0.15) is 49.5 Å². The zero-order valence-corrected chi connectivity index (χ0v) is 16.9. The smallest absolute Gasteiger partial charge is 0.261 e. The Morgan fingerprint density at radius 3 is 2.48 bits per heavy atom. The molecule has 2 heterocycles. The predicted molar refractivity (Wildman–Crippen MR) is 112 cm³/mol. The molecule has 0 radical (unpaired) electrons. The molecule has 152 valence electrons. The van der Waals surface area contributed by atoms with Crippen molar-refractivity contribution in [2.45, 2.75) is 25.3 Å².